The molecule has 0 saturated heterocycles. The lowest BCUT2D eigenvalue weighted by molar-refractivity contribution is 0.0491. The summed E-state index contributed by atoms with van der Waals surface area (Å²) in [6, 6.07) is 5.79. The minimum Gasteiger partial charge on any atom is -0.489 e. The molecule has 0 amide bonds. The van der Waals surface area contributed by atoms with Crippen LogP contribution in [0.5, 0.6) is 5.75 Å². The van der Waals surface area contributed by atoms with Crippen LogP contribution in [-0.2, 0) is 0 Å². The summed E-state index contributed by atoms with van der Waals surface area (Å²) in [5.41, 5.74) is 0.149. The predicted molar refractivity (Wildman–Crippen MR) is 76.7 cm³/mol. The summed E-state index contributed by atoms with van der Waals surface area (Å²) in [7, 11) is 0. The van der Waals surface area contributed by atoms with Crippen LogP contribution in [0.3, 0.4) is 0 Å². The van der Waals surface area contributed by atoms with E-state index in [1.165, 1.54) is 6.07 Å². The second-order valence-corrected chi connectivity index (χ2v) is 6.84. The zero-order valence-electron chi connectivity index (χ0n) is 12.7. The number of rotatable bonds is 2. The number of nitrogens with zero attached hydrogens (tertiary/aromatic N) is 1. The average molecular weight is 293 g/mol. The third-order valence-corrected chi connectivity index (χ3v) is 4.36. The Morgan fingerprint density at radius 2 is 1.90 bits per heavy atom. The van der Waals surface area contributed by atoms with E-state index in [1.54, 1.807) is 0 Å². The number of hydrogen-bond acceptors (Lipinski definition) is 2. The highest BCUT2D eigenvalue weighted by Crippen LogP contribution is 2.41. The Morgan fingerprint density at radius 1 is 1.19 bits per heavy atom. The molecule has 1 aromatic rings. The van der Waals surface area contributed by atoms with Gasteiger partial charge in [-0.2, -0.15) is 5.26 Å². The van der Waals surface area contributed by atoms with Gasteiger partial charge in [-0.3, -0.25) is 0 Å². The van der Waals surface area contributed by atoms with Crippen molar-refractivity contribution in [2.45, 2.75) is 46.1 Å². The van der Waals surface area contributed by atoms with E-state index in [2.05, 4.69) is 26.8 Å². The standard InChI is InChI=1S/C17H21F2NO/c1-17(2,3)12-5-4-11(10-20)16(8-12)21-13-6-7-14(18)15(19)9-13/h6-7,9,11-12,16H,4-5,8H2,1-3H3. The Kier molecular flexibility index (Phi) is 4.51. The smallest absolute Gasteiger partial charge is 0.162 e. The number of hydrogen-bond donors (Lipinski definition) is 0. The maximum atomic E-state index is 13.3. The summed E-state index contributed by atoms with van der Waals surface area (Å²) < 4.78 is 32.0. The molecule has 2 nitrogen and oxygen atoms in total. The van der Waals surface area contributed by atoms with Crippen molar-refractivity contribution in [2.24, 2.45) is 17.3 Å². The molecule has 4 heteroatoms. The SMILES string of the molecule is CC(C)(C)C1CCC(C#N)C(Oc2ccc(F)c(F)c2)C1. The molecule has 1 aliphatic rings. The fraction of sp³-hybridized carbons (Fsp3) is 0.588. The molecule has 114 valence electrons. The molecule has 1 aliphatic carbocycles. The van der Waals surface area contributed by atoms with Gasteiger partial charge in [0.25, 0.3) is 0 Å². The van der Waals surface area contributed by atoms with E-state index in [0.29, 0.717) is 5.92 Å². The molecule has 0 aromatic heterocycles. The molecule has 0 radical (unpaired) electrons. The second-order valence-electron chi connectivity index (χ2n) is 6.84. The Morgan fingerprint density at radius 3 is 2.48 bits per heavy atom. The maximum absolute atomic E-state index is 13.3. The van der Waals surface area contributed by atoms with Gasteiger partial charge in [0.05, 0.1) is 12.0 Å². The molecular weight excluding hydrogens is 272 g/mol. The normalized spacial score (nSPS) is 26.2. The van der Waals surface area contributed by atoms with Gasteiger partial charge in [-0.05, 0) is 42.7 Å². The van der Waals surface area contributed by atoms with Crippen LogP contribution in [0, 0.1) is 40.2 Å². The van der Waals surface area contributed by atoms with E-state index in [0.717, 1.165) is 31.4 Å². The first-order valence-corrected chi connectivity index (χ1v) is 7.32. The highest BCUT2D eigenvalue weighted by Gasteiger charge is 2.37. The lowest BCUT2D eigenvalue weighted by Gasteiger charge is -2.39. The van der Waals surface area contributed by atoms with Gasteiger partial charge in [0.1, 0.15) is 11.9 Å². The van der Waals surface area contributed by atoms with Crippen LogP contribution in [0.2, 0.25) is 0 Å². The average Bonchev–Trinajstić information content (AvgIpc) is 2.42. The molecule has 1 fully saturated rings. The van der Waals surface area contributed by atoms with Crippen LogP contribution >= 0.6 is 0 Å². The van der Waals surface area contributed by atoms with Crippen LogP contribution in [0.25, 0.3) is 0 Å². The first kappa shape index (κ1) is 15.8. The van der Waals surface area contributed by atoms with Crippen molar-refractivity contribution in [3.63, 3.8) is 0 Å². The summed E-state index contributed by atoms with van der Waals surface area (Å²) in [5.74, 6) is -1.28. The van der Waals surface area contributed by atoms with Gasteiger partial charge in [-0.1, -0.05) is 20.8 Å². The van der Waals surface area contributed by atoms with Gasteiger partial charge < -0.3 is 4.74 Å². The van der Waals surface area contributed by atoms with Crippen LogP contribution in [0.15, 0.2) is 18.2 Å². The minimum absolute atomic E-state index is 0.149. The fourth-order valence-electron chi connectivity index (χ4n) is 2.92. The Hall–Kier alpha value is -1.63. The van der Waals surface area contributed by atoms with Gasteiger partial charge in [0.2, 0.25) is 0 Å². The van der Waals surface area contributed by atoms with Crippen LogP contribution in [0.4, 0.5) is 8.78 Å². The molecule has 0 N–H and O–H groups in total. The molecule has 0 bridgehead atoms. The summed E-state index contributed by atoms with van der Waals surface area (Å²) in [5, 5.41) is 9.26. The Balaban J connectivity index is 2.14. The number of benzene rings is 1. The van der Waals surface area contributed by atoms with Gasteiger partial charge in [-0.15, -0.1) is 0 Å². The van der Waals surface area contributed by atoms with Crippen molar-refractivity contribution in [3.8, 4) is 11.8 Å². The van der Waals surface area contributed by atoms with Gasteiger partial charge in [0, 0.05) is 6.07 Å². The summed E-state index contributed by atoms with van der Waals surface area (Å²) in [6.07, 6.45) is 2.28. The molecule has 3 unspecified atom stereocenters. The third-order valence-electron chi connectivity index (χ3n) is 4.36. The van der Waals surface area contributed by atoms with Crippen LogP contribution in [-0.4, -0.2) is 6.10 Å². The van der Waals surface area contributed by atoms with Crippen LogP contribution in [0.1, 0.15) is 40.0 Å². The largest absolute Gasteiger partial charge is 0.489 e. The third kappa shape index (κ3) is 3.72. The van der Waals surface area contributed by atoms with E-state index in [9.17, 15) is 14.0 Å². The van der Waals surface area contributed by atoms with E-state index in [-0.39, 0.29) is 23.2 Å². The topological polar surface area (TPSA) is 33.0 Å². The van der Waals surface area contributed by atoms with Crippen molar-refractivity contribution in [1.29, 1.82) is 5.26 Å². The van der Waals surface area contributed by atoms with E-state index < -0.39 is 11.6 Å². The van der Waals surface area contributed by atoms with Crippen LogP contribution < -0.4 is 4.74 Å². The Labute approximate surface area is 124 Å². The van der Waals surface area contributed by atoms with E-state index in [1.807, 2.05) is 0 Å². The molecule has 0 heterocycles. The predicted octanol–water partition coefficient (Wildman–Crippen LogP) is 4.70. The van der Waals surface area contributed by atoms with Crippen molar-refractivity contribution in [3.05, 3.63) is 29.8 Å². The molecule has 1 aromatic carbocycles. The maximum Gasteiger partial charge on any atom is 0.162 e. The zero-order chi connectivity index (χ0) is 15.6. The molecule has 21 heavy (non-hydrogen) atoms. The molecular formula is C17H21F2NO. The first-order valence-electron chi connectivity index (χ1n) is 7.32. The van der Waals surface area contributed by atoms with Crippen molar-refractivity contribution in [1.82, 2.24) is 0 Å². The molecule has 0 spiro atoms. The van der Waals surface area contributed by atoms with Crippen molar-refractivity contribution < 1.29 is 13.5 Å². The molecule has 0 aliphatic heterocycles. The number of halogens is 2. The Bertz CT molecular complexity index is 545. The second kappa shape index (κ2) is 6.01. The fourth-order valence-corrected chi connectivity index (χ4v) is 2.92. The highest BCUT2D eigenvalue weighted by molar-refractivity contribution is 5.24. The zero-order valence-corrected chi connectivity index (χ0v) is 12.7. The van der Waals surface area contributed by atoms with Crippen molar-refractivity contribution in [2.75, 3.05) is 0 Å². The van der Waals surface area contributed by atoms with Gasteiger partial charge in [0.15, 0.2) is 11.6 Å². The first-order chi connectivity index (χ1) is 9.81. The summed E-state index contributed by atoms with van der Waals surface area (Å²) >= 11 is 0. The number of nitriles is 1. The summed E-state index contributed by atoms with van der Waals surface area (Å²) in [4.78, 5) is 0. The quantitative estimate of drug-likeness (QED) is 0.792. The lowest BCUT2D eigenvalue weighted by Crippen LogP contribution is -2.37. The number of ether oxygens (including phenoxy) is 1. The highest BCUT2D eigenvalue weighted by atomic mass is 19.2. The van der Waals surface area contributed by atoms with E-state index in [4.69, 9.17) is 4.74 Å². The van der Waals surface area contributed by atoms with Crippen molar-refractivity contribution >= 4 is 0 Å². The van der Waals surface area contributed by atoms with Gasteiger partial charge in [-0.25, -0.2) is 8.78 Å². The molecule has 1 saturated carbocycles. The molecule has 3 atom stereocenters. The monoisotopic (exact) mass is 293 g/mol. The van der Waals surface area contributed by atoms with Gasteiger partial charge >= 0.3 is 0 Å². The summed E-state index contributed by atoms with van der Waals surface area (Å²) in [6.45, 7) is 6.54. The molecule has 2 rings (SSSR count). The van der Waals surface area contributed by atoms with E-state index >= 15 is 0 Å². The minimum atomic E-state index is -0.927. The lowest BCUT2D eigenvalue weighted by atomic mass is 9.69.